The number of halogens is 2. The Balaban J connectivity index is 2.52. The molecule has 0 radical (unpaired) electrons. The van der Waals surface area contributed by atoms with Gasteiger partial charge in [0.05, 0.1) is 11.6 Å². The number of aliphatic hydroxyl groups excluding tert-OH is 1. The fourth-order valence-corrected chi connectivity index (χ4v) is 1.92. The van der Waals surface area contributed by atoms with Gasteiger partial charge >= 0.3 is 0 Å². The van der Waals surface area contributed by atoms with Gasteiger partial charge in [-0.1, -0.05) is 23.2 Å². The molecule has 0 fully saturated rings. The molecule has 2 rings (SSSR count). The lowest BCUT2D eigenvalue weighted by atomic mass is 10.1. The van der Waals surface area contributed by atoms with Gasteiger partial charge in [-0.25, -0.2) is 0 Å². The molecule has 2 nitrogen and oxygen atoms in total. The molecule has 1 aromatic rings. The smallest absolute Gasteiger partial charge is 0.145 e. The summed E-state index contributed by atoms with van der Waals surface area (Å²) in [7, 11) is 0. The molecule has 0 saturated heterocycles. The molecular formula is C10H8Cl2O2. The summed E-state index contributed by atoms with van der Waals surface area (Å²) in [5.74, 6) is 0.633. The maximum Gasteiger partial charge on any atom is 0.145 e. The van der Waals surface area contributed by atoms with E-state index in [2.05, 4.69) is 0 Å². The predicted molar refractivity (Wildman–Crippen MR) is 57.0 cm³/mol. The largest absolute Gasteiger partial charge is 0.487 e. The molecule has 14 heavy (non-hydrogen) atoms. The van der Waals surface area contributed by atoms with E-state index in [1.165, 1.54) is 0 Å². The minimum Gasteiger partial charge on any atom is -0.487 e. The molecule has 0 saturated carbocycles. The van der Waals surface area contributed by atoms with Crippen molar-refractivity contribution >= 4 is 29.3 Å². The highest BCUT2D eigenvalue weighted by atomic mass is 35.5. The summed E-state index contributed by atoms with van der Waals surface area (Å²) in [5, 5.41) is 10.0. The van der Waals surface area contributed by atoms with Gasteiger partial charge in [-0.15, -0.1) is 0 Å². The third-order valence-corrected chi connectivity index (χ3v) is 2.50. The molecule has 1 aliphatic heterocycles. The van der Waals surface area contributed by atoms with Crippen LogP contribution in [0.3, 0.4) is 0 Å². The van der Waals surface area contributed by atoms with Crippen LogP contribution in [-0.2, 0) is 0 Å². The molecule has 1 aliphatic rings. The van der Waals surface area contributed by atoms with E-state index < -0.39 is 0 Å². The number of fused-ring (bicyclic) bond motifs is 1. The zero-order chi connectivity index (χ0) is 10.1. The number of aliphatic hydroxyl groups is 1. The average Bonchev–Trinajstić information content (AvgIpc) is 2.16. The Labute approximate surface area is 91.7 Å². The summed E-state index contributed by atoms with van der Waals surface area (Å²) in [5.41, 5.74) is 1.63. The van der Waals surface area contributed by atoms with Crippen molar-refractivity contribution in [3.8, 4) is 5.75 Å². The van der Waals surface area contributed by atoms with Gasteiger partial charge in [-0.3, -0.25) is 0 Å². The first-order valence-electron chi connectivity index (χ1n) is 4.13. The molecular weight excluding hydrogens is 223 g/mol. The fourth-order valence-electron chi connectivity index (χ4n) is 1.36. The first-order chi connectivity index (χ1) is 6.70. The van der Waals surface area contributed by atoms with Gasteiger partial charge in [0, 0.05) is 10.6 Å². The van der Waals surface area contributed by atoms with E-state index in [0.717, 1.165) is 11.1 Å². The molecule has 0 atom stereocenters. The van der Waals surface area contributed by atoms with Crippen LogP contribution in [0.15, 0.2) is 17.7 Å². The average molecular weight is 231 g/mol. The van der Waals surface area contributed by atoms with Crippen LogP contribution in [0.25, 0.3) is 6.08 Å². The molecule has 1 aromatic carbocycles. The monoisotopic (exact) mass is 230 g/mol. The lowest BCUT2D eigenvalue weighted by Crippen LogP contribution is -2.10. The van der Waals surface area contributed by atoms with Crippen LogP contribution in [0.4, 0.5) is 0 Å². The van der Waals surface area contributed by atoms with Crippen molar-refractivity contribution in [1.82, 2.24) is 0 Å². The molecule has 0 spiro atoms. The second-order valence-electron chi connectivity index (χ2n) is 3.06. The van der Waals surface area contributed by atoms with E-state index in [9.17, 15) is 0 Å². The molecule has 1 N–H and O–H groups in total. The van der Waals surface area contributed by atoms with Crippen LogP contribution in [0.5, 0.6) is 5.75 Å². The van der Waals surface area contributed by atoms with Crippen molar-refractivity contribution in [1.29, 1.82) is 0 Å². The van der Waals surface area contributed by atoms with E-state index in [-0.39, 0.29) is 6.61 Å². The summed E-state index contributed by atoms with van der Waals surface area (Å²) in [6.45, 7) is 0.369. The number of rotatable bonds is 1. The summed E-state index contributed by atoms with van der Waals surface area (Å²) >= 11 is 11.8. The minimum absolute atomic E-state index is 0.0103. The van der Waals surface area contributed by atoms with Crippen molar-refractivity contribution in [3.05, 3.63) is 33.3 Å². The van der Waals surface area contributed by atoms with Gasteiger partial charge in [0.2, 0.25) is 0 Å². The fraction of sp³-hybridized carbons (Fsp3) is 0.200. The Morgan fingerprint density at radius 1 is 1.36 bits per heavy atom. The first-order valence-corrected chi connectivity index (χ1v) is 4.88. The van der Waals surface area contributed by atoms with E-state index in [1.807, 2.05) is 6.08 Å². The van der Waals surface area contributed by atoms with Crippen LogP contribution < -0.4 is 4.74 Å². The molecule has 0 amide bonds. The molecule has 0 aromatic heterocycles. The van der Waals surface area contributed by atoms with Gasteiger partial charge in [-0.05, 0) is 23.8 Å². The number of ether oxygens (including phenoxy) is 1. The van der Waals surface area contributed by atoms with Crippen LogP contribution in [0.1, 0.15) is 5.56 Å². The van der Waals surface area contributed by atoms with E-state index in [1.54, 1.807) is 12.1 Å². The lowest BCUT2D eigenvalue weighted by molar-refractivity contribution is 0.285. The SMILES string of the molecule is OCC1=Cc2cc(Cl)cc(Cl)c2OC1. The van der Waals surface area contributed by atoms with E-state index in [0.29, 0.717) is 22.4 Å². The van der Waals surface area contributed by atoms with Crippen molar-refractivity contribution in [3.63, 3.8) is 0 Å². The summed E-state index contributed by atoms with van der Waals surface area (Å²) in [6.07, 6.45) is 1.84. The third-order valence-electron chi connectivity index (χ3n) is 2.00. The molecule has 1 heterocycles. The predicted octanol–water partition coefficient (Wildman–Crippen LogP) is 2.76. The number of hydrogen-bond donors (Lipinski definition) is 1. The van der Waals surface area contributed by atoms with Crippen molar-refractivity contribution in [2.45, 2.75) is 0 Å². The molecule has 0 bridgehead atoms. The lowest BCUT2D eigenvalue weighted by Gasteiger charge is -2.18. The normalized spacial score (nSPS) is 14.4. The molecule has 0 aliphatic carbocycles. The number of hydrogen-bond acceptors (Lipinski definition) is 2. The van der Waals surface area contributed by atoms with Crippen LogP contribution in [0, 0.1) is 0 Å². The van der Waals surface area contributed by atoms with E-state index >= 15 is 0 Å². The highest BCUT2D eigenvalue weighted by Crippen LogP contribution is 2.36. The molecule has 0 unspecified atom stereocenters. The van der Waals surface area contributed by atoms with Crippen molar-refractivity contribution < 1.29 is 9.84 Å². The Morgan fingerprint density at radius 2 is 2.14 bits per heavy atom. The van der Waals surface area contributed by atoms with Gasteiger partial charge in [0.1, 0.15) is 12.4 Å². The highest BCUT2D eigenvalue weighted by molar-refractivity contribution is 6.36. The van der Waals surface area contributed by atoms with Gasteiger partial charge < -0.3 is 9.84 Å². The van der Waals surface area contributed by atoms with Crippen LogP contribution >= 0.6 is 23.2 Å². The third kappa shape index (κ3) is 1.73. The summed E-state index contributed by atoms with van der Waals surface area (Å²) < 4.78 is 5.39. The Morgan fingerprint density at radius 3 is 2.86 bits per heavy atom. The van der Waals surface area contributed by atoms with Crippen molar-refractivity contribution in [2.75, 3.05) is 13.2 Å². The Bertz CT molecular complexity index is 399. The maximum absolute atomic E-state index is 8.94. The standard InChI is InChI=1S/C10H8Cl2O2/c11-8-2-7-1-6(4-13)5-14-10(7)9(12)3-8/h1-3,13H,4-5H2. The van der Waals surface area contributed by atoms with Crippen molar-refractivity contribution in [2.24, 2.45) is 0 Å². The zero-order valence-electron chi connectivity index (χ0n) is 7.26. The summed E-state index contributed by atoms with van der Waals surface area (Å²) in [4.78, 5) is 0. The Hall–Kier alpha value is -0.700. The second-order valence-corrected chi connectivity index (χ2v) is 3.90. The van der Waals surface area contributed by atoms with Crippen LogP contribution in [0.2, 0.25) is 10.0 Å². The minimum atomic E-state index is -0.0103. The topological polar surface area (TPSA) is 29.5 Å². The summed E-state index contributed by atoms with van der Waals surface area (Å²) in [6, 6.07) is 3.40. The van der Waals surface area contributed by atoms with E-state index in [4.69, 9.17) is 33.0 Å². The quantitative estimate of drug-likeness (QED) is 0.805. The Kier molecular flexibility index (Phi) is 2.68. The zero-order valence-corrected chi connectivity index (χ0v) is 8.77. The second kappa shape index (κ2) is 3.81. The van der Waals surface area contributed by atoms with Gasteiger partial charge in [0.25, 0.3) is 0 Å². The number of benzene rings is 1. The molecule has 4 heteroatoms. The van der Waals surface area contributed by atoms with Crippen LogP contribution in [-0.4, -0.2) is 18.3 Å². The van der Waals surface area contributed by atoms with Gasteiger partial charge in [0.15, 0.2) is 0 Å². The van der Waals surface area contributed by atoms with Gasteiger partial charge in [-0.2, -0.15) is 0 Å². The maximum atomic E-state index is 8.94. The highest BCUT2D eigenvalue weighted by Gasteiger charge is 2.14. The molecule has 74 valence electrons. The first kappa shape index (κ1) is 9.84.